The lowest BCUT2D eigenvalue weighted by Crippen LogP contribution is -2.05. The quantitative estimate of drug-likeness (QED) is 0.202. The molecule has 0 aliphatic carbocycles. The van der Waals surface area contributed by atoms with Crippen LogP contribution < -0.4 is 9.47 Å². The molecule has 1 aromatic rings. The number of benzene rings is 1. The van der Waals surface area contributed by atoms with Crippen LogP contribution in [0.3, 0.4) is 0 Å². The Bertz CT molecular complexity index is 581. The van der Waals surface area contributed by atoms with Gasteiger partial charge in [-0.15, -0.1) is 0 Å². The molecule has 0 unspecified atom stereocenters. The first-order valence-corrected chi connectivity index (χ1v) is 8.91. The minimum atomic E-state index is 0.129. The third-order valence-electron chi connectivity index (χ3n) is 2.78. The predicted molar refractivity (Wildman–Crippen MR) is 103 cm³/mol. The van der Waals surface area contributed by atoms with Gasteiger partial charge in [-0.05, 0) is 18.9 Å². The van der Waals surface area contributed by atoms with Crippen molar-refractivity contribution in [1.29, 1.82) is 0 Å². The molecule has 0 aliphatic heterocycles. The van der Waals surface area contributed by atoms with Crippen LogP contribution in [-0.4, -0.2) is 32.8 Å². The van der Waals surface area contributed by atoms with Gasteiger partial charge in [0.15, 0.2) is 5.75 Å². The lowest BCUT2D eigenvalue weighted by Gasteiger charge is -2.12. The minimum Gasteiger partial charge on any atom is -0.490 e. The fraction of sp³-hybridized carbons (Fsp3) is 0.438. The molecule has 0 fully saturated rings. The zero-order valence-electron chi connectivity index (χ0n) is 13.9. The number of ether oxygens (including phenoxy) is 3. The maximum absolute atomic E-state index is 6.18. The summed E-state index contributed by atoms with van der Waals surface area (Å²) < 4.78 is 16.5. The molecule has 0 radical (unpaired) electrons. The van der Waals surface area contributed by atoms with Gasteiger partial charge in [-0.25, -0.2) is 0 Å². The number of halogens is 4. The topological polar surface area (TPSA) is 49.3 Å². The van der Waals surface area contributed by atoms with Crippen LogP contribution in [0, 0.1) is 0 Å². The molecule has 0 amide bonds. The van der Waals surface area contributed by atoms with Crippen LogP contribution in [0.25, 0.3) is 0 Å². The summed E-state index contributed by atoms with van der Waals surface area (Å²) in [6, 6.07) is 3.23. The Labute approximate surface area is 167 Å². The predicted octanol–water partition coefficient (Wildman–Crippen LogP) is 5.85. The Morgan fingerprint density at radius 1 is 1.08 bits per heavy atom. The first kappa shape index (κ1) is 22.0. The van der Waals surface area contributed by atoms with Crippen LogP contribution in [0.5, 0.6) is 11.5 Å². The smallest absolute Gasteiger partial charge is 0.222 e. The third kappa shape index (κ3) is 9.31. The molecule has 1 aromatic carbocycles. The monoisotopic (exact) mass is 429 g/mol. The second-order valence-corrected chi connectivity index (χ2v) is 6.54. The second-order valence-electron chi connectivity index (χ2n) is 4.72. The van der Waals surface area contributed by atoms with E-state index in [1.165, 1.54) is 13.2 Å². The van der Waals surface area contributed by atoms with Gasteiger partial charge in [-0.2, -0.15) is 0 Å². The van der Waals surface area contributed by atoms with Gasteiger partial charge in [0.05, 0.1) is 23.3 Å². The van der Waals surface area contributed by atoms with Gasteiger partial charge in [-0.3, -0.25) is 0 Å². The van der Waals surface area contributed by atoms with Crippen molar-refractivity contribution >= 4 is 52.3 Å². The molecule has 0 saturated carbocycles. The maximum atomic E-state index is 6.18. The first-order chi connectivity index (χ1) is 11.9. The SMILES string of the molecule is CON=C(C)OCCCCOc1c(Cl)cc(OCC=C(Cl)Cl)cc1Cl. The van der Waals surface area contributed by atoms with E-state index in [-0.39, 0.29) is 11.1 Å². The molecule has 0 spiro atoms. The van der Waals surface area contributed by atoms with Crippen LogP contribution >= 0.6 is 46.4 Å². The molecular weight excluding hydrogens is 412 g/mol. The van der Waals surface area contributed by atoms with E-state index in [1.807, 2.05) is 0 Å². The third-order valence-corrected chi connectivity index (χ3v) is 3.65. The maximum Gasteiger partial charge on any atom is 0.222 e. The number of unbranched alkanes of at least 4 members (excludes halogenated alkanes) is 1. The van der Waals surface area contributed by atoms with Crippen molar-refractivity contribution in [1.82, 2.24) is 0 Å². The highest BCUT2D eigenvalue weighted by Gasteiger charge is 2.10. The minimum absolute atomic E-state index is 0.129. The lowest BCUT2D eigenvalue weighted by molar-refractivity contribution is 0.186. The first-order valence-electron chi connectivity index (χ1n) is 7.40. The summed E-state index contributed by atoms with van der Waals surface area (Å²) in [5.41, 5.74) is 0. The van der Waals surface area contributed by atoms with Crippen molar-refractivity contribution in [2.24, 2.45) is 5.16 Å². The fourth-order valence-electron chi connectivity index (χ4n) is 1.71. The molecule has 0 N–H and O–H groups in total. The average Bonchev–Trinajstić information content (AvgIpc) is 2.52. The molecule has 140 valence electrons. The van der Waals surface area contributed by atoms with Crippen molar-refractivity contribution in [3.05, 3.63) is 32.7 Å². The van der Waals surface area contributed by atoms with E-state index in [9.17, 15) is 0 Å². The van der Waals surface area contributed by atoms with Crippen LogP contribution in [0.2, 0.25) is 10.0 Å². The van der Waals surface area contributed by atoms with Gasteiger partial charge in [0.1, 0.15) is 24.0 Å². The molecule has 1 rings (SSSR count). The Kier molecular flexibility index (Phi) is 10.9. The average molecular weight is 431 g/mol. The van der Waals surface area contributed by atoms with E-state index in [0.29, 0.717) is 40.7 Å². The molecular formula is C16H19Cl4NO4. The van der Waals surface area contributed by atoms with Gasteiger partial charge in [-0.1, -0.05) is 51.6 Å². The van der Waals surface area contributed by atoms with E-state index < -0.39 is 0 Å². The highest BCUT2D eigenvalue weighted by atomic mass is 35.5. The number of nitrogens with zero attached hydrogens (tertiary/aromatic N) is 1. The number of rotatable bonds is 10. The standard InChI is InChI=1S/C16H19Cl4NO4/c1-11(21-22-2)23-6-3-4-7-25-16-13(17)9-12(10-14(16)18)24-8-5-15(19)20/h5,9-10H,3-4,6-8H2,1-2H3. The van der Waals surface area contributed by atoms with E-state index in [1.54, 1.807) is 19.1 Å². The molecule has 0 atom stereocenters. The summed E-state index contributed by atoms with van der Waals surface area (Å²) in [6.07, 6.45) is 3.07. The number of hydrogen-bond acceptors (Lipinski definition) is 5. The second kappa shape index (κ2) is 12.4. The van der Waals surface area contributed by atoms with E-state index >= 15 is 0 Å². The van der Waals surface area contributed by atoms with E-state index in [2.05, 4.69) is 9.99 Å². The molecule has 9 heteroatoms. The Morgan fingerprint density at radius 3 is 2.32 bits per heavy atom. The summed E-state index contributed by atoms with van der Waals surface area (Å²) in [7, 11) is 1.47. The van der Waals surface area contributed by atoms with Gasteiger partial charge >= 0.3 is 0 Å². The van der Waals surface area contributed by atoms with Gasteiger partial charge in [0.25, 0.3) is 0 Å². The number of hydrogen-bond donors (Lipinski definition) is 0. The van der Waals surface area contributed by atoms with E-state index in [4.69, 9.17) is 60.6 Å². The summed E-state index contributed by atoms with van der Waals surface area (Å²) >= 11 is 23.4. The molecule has 0 heterocycles. The summed E-state index contributed by atoms with van der Waals surface area (Å²) in [5.74, 6) is 1.39. The molecule has 5 nitrogen and oxygen atoms in total. The van der Waals surface area contributed by atoms with Crippen LogP contribution in [-0.2, 0) is 9.57 Å². The van der Waals surface area contributed by atoms with Crippen molar-refractivity contribution in [2.75, 3.05) is 26.9 Å². The molecule has 25 heavy (non-hydrogen) atoms. The molecule has 0 aromatic heterocycles. The largest absolute Gasteiger partial charge is 0.490 e. The van der Waals surface area contributed by atoms with Crippen molar-refractivity contribution in [2.45, 2.75) is 19.8 Å². The van der Waals surface area contributed by atoms with Crippen molar-refractivity contribution in [3.8, 4) is 11.5 Å². The number of oxime groups is 1. The zero-order valence-corrected chi connectivity index (χ0v) is 16.9. The van der Waals surface area contributed by atoms with Crippen molar-refractivity contribution < 1.29 is 19.0 Å². The highest BCUT2D eigenvalue weighted by Crippen LogP contribution is 2.37. The molecule has 0 aliphatic rings. The highest BCUT2D eigenvalue weighted by molar-refractivity contribution is 6.55. The van der Waals surface area contributed by atoms with Crippen molar-refractivity contribution in [3.63, 3.8) is 0 Å². The normalized spacial score (nSPS) is 11.0. The lowest BCUT2D eigenvalue weighted by atomic mass is 10.3. The summed E-state index contributed by atoms with van der Waals surface area (Å²) in [6.45, 7) is 2.90. The van der Waals surface area contributed by atoms with Crippen LogP contribution in [0.4, 0.5) is 0 Å². The van der Waals surface area contributed by atoms with Gasteiger partial charge in [0, 0.05) is 19.1 Å². The van der Waals surface area contributed by atoms with E-state index in [0.717, 1.165) is 12.8 Å². The molecule has 0 bridgehead atoms. The molecule has 0 saturated heterocycles. The summed E-state index contributed by atoms with van der Waals surface area (Å²) in [5, 5.41) is 4.38. The zero-order chi connectivity index (χ0) is 18.7. The van der Waals surface area contributed by atoms with Crippen LogP contribution in [0.1, 0.15) is 19.8 Å². The Balaban J connectivity index is 2.41. The Hall–Kier alpha value is -1.01. The Morgan fingerprint density at radius 2 is 1.72 bits per heavy atom. The fourth-order valence-corrected chi connectivity index (χ4v) is 2.41. The van der Waals surface area contributed by atoms with Gasteiger partial charge in [0.2, 0.25) is 5.90 Å². The van der Waals surface area contributed by atoms with Gasteiger partial charge < -0.3 is 19.0 Å². The summed E-state index contributed by atoms with van der Waals surface area (Å²) in [4.78, 5) is 4.59. The van der Waals surface area contributed by atoms with Crippen LogP contribution in [0.15, 0.2) is 27.9 Å².